The summed E-state index contributed by atoms with van der Waals surface area (Å²) >= 11 is 5.96. The molecule has 1 saturated carbocycles. The SMILES string of the molecule is Cc1cc2c(ncn2Cc2ccc(Cl)cc2)c(NS(=O)(=O)C2CC2)c1C. The van der Waals surface area contributed by atoms with Crippen molar-refractivity contribution in [2.75, 3.05) is 4.72 Å². The summed E-state index contributed by atoms with van der Waals surface area (Å²) in [4.78, 5) is 4.51. The molecule has 0 saturated heterocycles. The second-order valence-electron chi connectivity index (χ2n) is 6.91. The number of nitrogens with zero attached hydrogens (tertiary/aromatic N) is 2. The Labute approximate surface area is 158 Å². The summed E-state index contributed by atoms with van der Waals surface area (Å²) in [5.74, 6) is 0. The minimum absolute atomic E-state index is 0.270. The first-order chi connectivity index (χ1) is 12.3. The number of aryl methyl sites for hydroxylation is 1. The van der Waals surface area contributed by atoms with Crippen LogP contribution < -0.4 is 4.72 Å². The van der Waals surface area contributed by atoms with Gasteiger partial charge in [0.1, 0.15) is 5.52 Å². The Morgan fingerprint density at radius 1 is 1.23 bits per heavy atom. The molecule has 136 valence electrons. The number of halogens is 1. The van der Waals surface area contributed by atoms with E-state index in [2.05, 4.69) is 15.8 Å². The molecule has 1 fully saturated rings. The van der Waals surface area contributed by atoms with Gasteiger partial charge in [0, 0.05) is 11.6 Å². The van der Waals surface area contributed by atoms with E-state index < -0.39 is 10.0 Å². The quantitative estimate of drug-likeness (QED) is 0.709. The third kappa shape index (κ3) is 3.19. The Morgan fingerprint density at radius 2 is 1.92 bits per heavy atom. The average molecular weight is 390 g/mol. The third-order valence-corrected chi connectivity index (χ3v) is 7.00. The summed E-state index contributed by atoms with van der Waals surface area (Å²) in [6.45, 7) is 4.56. The molecule has 0 amide bonds. The van der Waals surface area contributed by atoms with E-state index in [0.717, 1.165) is 35.0 Å². The minimum Gasteiger partial charge on any atom is -0.326 e. The Kier molecular flexibility index (Phi) is 4.20. The topological polar surface area (TPSA) is 64.0 Å². The van der Waals surface area contributed by atoms with Crippen LogP contribution in [0.25, 0.3) is 11.0 Å². The number of hydrogen-bond acceptors (Lipinski definition) is 3. The van der Waals surface area contributed by atoms with Gasteiger partial charge in [0.2, 0.25) is 10.0 Å². The number of nitrogens with one attached hydrogen (secondary N) is 1. The van der Waals surface area contributed by atoms with Gasteiger partial charge in [0.25, 0.3) is 0 Å². The molecule has 0 unspecified atom stereocenters. The summed E-state index contributed by atoms with van der Waals surface area (Å²) in [5.41, 5.74) is 5.25. The van der Waals surface area contributed by atoms with Crippen LogP contribution in [0.2, 0.25) is 5.02 Å². The highest BCUT2D eigenvalue weighted by Gasteiger charge is 2.36. The van der Waals surface area contributed by atoms with Gasteiger partial charge in [-0.2, -0.15) is 0 Å². The molecule has 1 aliphatic carbocycles. The monoisotopic (exact) mass is 389 g/mol. The number of hydrogen-bond donors (Lipinski definition) is 1. The smallest absolute Gasteiger partial charge is 0.235 e. The summed E-state index contributed by atoms with van der Waals surface area (Å²) in [6, 6.07) is 9.74. The number of anilines is 1. The van der Waals surface area contributed by atoms with Crippen LogP contribution in [0.4, 0.5) is 5.69 Å². The molecule has 7 heteroatoms. The second kappa shape index (κ2) is 6.28. The highest BCUT2D eigenvalue weighted by atomic mass is 35.5. The second-order valence-corrected chi connectivity index (χ2v) is 9.30. The largest absolute Gasteiger partial charge is 0.326 e. The first-order valence-electron chi connectivity index (χ1n) is 8.56. The zero-order chi connectivity index (χ0) is 18.5. The number of sulfonamides is 1. The first kappa shape index (κ1) is 17.4. The number of aromatic nitrogens is 2. The summed E-state index contributed by atoms with van der Waals surface area (Å²) in [5, 5.41) is 0.432. The maximum absolute atomic E-state index is 12.4. The van der Waals surface area contributed by atoms with Gasteiger partial charge in [-0.1, -0.05) is 23.7 Å². The van der Waals surface area contributed by atoms with Crippen LogP contribution in [0, 0.1) is 13.8 Å². The van der Waals surface area contributed by atoms with Crippen molar-refractivity contribution >= 4 is 38.3 Å². The number of benzene rings is 2. The van der Waals surface area contributed by atoms with Crippen LogP contribution in [0.1, 0.15) is 29.5 Å². The number of imidazole rings is 1. The molecule has 1 heterocycles. The molecule has 1 aliphatic rings. The highest BCUT2D eigenvalue weighted by molar-refractivity contribution is 7.93. The van der Waals surface area contributed by atoms with Crippen LogP contribution in [0.5, 0.6) is 0 Å². The molecule has 5 nitrogen and oxygen atoms in total. The van der Waals surface area contributed by atoms with Gasteiger partial charge < -0.3 is 4.57 Å². The zero-order valence-electron chi connectivity index (χ0n) is 14.7. The first-order valence-corrected chi connectivity index (χ1v) is 10.5. The molecular weight excluding hydrogens is 370 g/mol. The molecule has 4 rings (SSSR count). The predicted molar refractivity (Wildman–Crippen MR) is 105 cm³/mol. The Bertz CT molecular complexity index is 1080. The minimum atomic E-state index is -3.34. The number of rotatable bonds is 5. The standard InChI is InChI=1S/C19H20ClN3O2S/c1-12-9-17-19(18(13(12)2)22-26(24,25)16-7-8-16)21-11-23(17)10-14-3-5-15(20)6-4-14/h3-6,9,11,16,22H,7-8,10H2,1-2H3. The average Bonchev–Trinajstić information content (AvgIpc) is 3.39. The van der Waals surface area contributed by atoms with Gasteiger partial charge in [-0.05, 0) is 61.6 Å². The van der Waals surface area contributed by atoms with Crippen LogP contribution in [0.3, 0.4) is 0 Å². The van der Waals surface area contributed by atoms with E-state index in [0.29, 0.717) is 22.8 Å². The third-order valence-electron chi connectivity index (χ3n) is 4.91. The van der Waals surface area contributed by atoms with Crippen LogP contribution in [-0.2, 0) is 16.6 Å². The van der Waals surface area contributed by atoms with E-state index in [1.807, 2.05) is 42.7 Å². The molecule has 26 heavy (non-hydrogen) atoms. The van der Waals surface area contributed by atoms with Gasteiger partial charge in [-0.15, -0.1) is 0 Å². The van der Waals surface area contributed by atoms with Crippen molar-refractivity contribution in [3.05, 3.63) is 58.4 Å². The van der Waals surface area contributed by atoms with Crippen molar-refractivity contribution in [3.63, 3.8) is 0 Å². The fraction of sp³-hybridized carbons (Fsp3) is 0.316. The van der Waals surface area contributed by atoms with Gasteiger partial charge in [0.05, 0.1) is 22.8 Å². The Morgan fingerprint density at radius 3 is 2.58 bits per heavy atom. The molecule has 0 atom stereocenters. The van der Waals surface area contributed by atoms with Crippen LogP contribution in [0.15, 0.2) is 36.7 Å². The summed E-state index contributed by atoms with van der Waals surface area (Å²) < 4.78 is 29.7. The van der Waals surface area contributed by atoms with Crippen LogP contribution in [-0.4, -0.2) is 23.2 Å². The molecule has 3 aromatic rings. The highest BCUT2D eigenvalue weighted by Crippen LogP contribution is 2.34. The molecule has 1 N–H and O–H groups in total. The van der Waals surface area contributed by atoms with Crippen molar-refractivity contribution in [2.24, 2.45) is 0 Å². The lowest BCUT2D eigenvalue weighted by molar-refractivity contribution is 0.600. The fourth-order valence-electron chi connectivity index (χ4n) is 3.07. The predicted octanol–water partition coefficient (Wildman–Crippen LogP) is 4.26. The lowest BCUT2D eigenvalue weighted by Gasteiger charge is -2.14. The molecule has 0 spiro atoms. The maximum atomic E-state index is 12.4. The lowest BCUT2D eigenvalue weighted by atomic mass is 10.1. The van der Waals surface area contributed by atoms with E-state index in [1.54, 1.807) is 6.33 Å². The van der Waals surface area contributed by atoms with E-state index in [1.165, 1.54) is 0 Å². The Balaban J connectivity index is 1.77. The number of fused-ring (bicyclic) bond motifs is 1. The zero-order valence-corrected chi connectivity index (χ0v) is 16.2. The molecule has 2 aromatic carbocycles. The lowest BCUT2D eigenvalue weighted by Crippen LogP contribution is -2.18. The maximum Gasteiger partial charge on any atom is 0.235 e. The van der Waals surface area contributed by atoms with E-state index in [9.17, 15) is 8.42 Å². The Hall–Kier alpha value is -2.05. The van der Waals surface area contributed by atoms with Crippen molar-refractivity contribution in [2.45, 2.75) is 38.5 Å². The van der Waals surface area contributed by atoms with Gasteiger partial charge in [0.15, 0.2) is 0 Å². The summed E-state index contributed by atoms with van der Waals surface area (Å²) in [6.07, 6.45) is 3.22. The molecule has 0 aliphatic heterocycles. The van der Waals surface area contributed by atoms with Gasteiger partial charge in [-0.3, -0.25) is 4.72 Å². The molecule has 0 bridgehead atoms. The van der Waals surface area contributed by atoms with Crippen LogP contribution >= 0.6 is 11.6 Å². The van der Waals surface area contributed by atoms with E-state index >= 15 is 0 Å². The van der Waals surface area contributed by atoms with Crippen molar-refractivity contribution < 1.29 is 8.42 Å². The van der Waals surface area contributed by atoms with Crippen molar-refractivity contribution in [1.82, 2.24) is 9.55 Å². The van der Waals surface area contributed by atoms with E-state index in [4.69, 9.17) is 11.6 Å². The van der Waals surface area contributed by atoms with Crippen molar-refractivity contribution in [1.29, 1.82) is 0 Å². The fourth-order valence-corrected chi connectivity index (χ4v) is 4.65. The summed E-state index contributed by atoms with van der Waals surface area (Å²) in [7, 11) is -3.34. The van der Waals surface area contributed by atoms with Gasteiger partial charge in [-0.25, -0.2) is 13.4 Å². The molecule has 1 aromatic heterocycles. The molecule has 0 radical (unpaired) electrons. The van der Waals surface area contributed by atoms with Gasteiger partial charge >= 0.3 is 0 Å². The van der Waals surface area contributed by atoms with Crippen molar-refractivity contribution in [3.8, 4) is 0 Å². The van der Waals surface area contributed by atoms with E-state index in [-0.39, 0.29) is 5.25 Å². The molecular formula is C19H20ClN3O2S. The normalized spacial score (nSPS) is 14.7.